The summed E-state index contributed by atoms with van der Waals surface area (Å²) in [5.74, 6) is 0. The molecule has 1 spiro atoms. The molecule has 0 fully saturated rings. The molecule has 0 amide bonds. The Hall–Kier alpha value is -8.20. The average Bonchev–Trinajstić information content (AvgIpc) is 3.85. The summed E-state index contributed by atoms with van der Waals surface area (Å²) in [6.07, 6.45) is 0. The van der Waals surface area contributed by atoms with Gasteiger partial charge in [0.05, 0.1) is 16.4 Å². The molecular weight excluding hydrogens is 761 g/mol. The van der Waals surface area contributed by atoms with Gasteiger partial charge < -0.3 is 9.47 Å². The van der Waals surface area contributed by atoms with Crippen molar-refractivity contribution in [1.29, 1.82) is 0 Å². The zero-order valence-electron chi connectivity index (χ0n) is 34.3. The number of hydrogen-bond donors (Lipinski definition) is 0. The van der Waals surface area contributed by atoms with Crippen LogP contribution in [0.5, 0.6) is 0 Å². The van der Waals surface area contributed by atoms with Crippen LogP contribution in [0.3, 0.4) is 0 Å². The van der Waals surface area contributed by atoms with E-state index in [1.165, 1.54) is 98.6 Å². The molecule has 1 aromatic heterocycles. The van der Waals surface area contributed by atoms with Gasteiger partial charge in [-0.3, -0.25) is 0 Å². The first-order valence-electron chi connectivity index (χ1n) is 21.9. The third-order valence-corrected chi connectivity index (χ3v) is 14.1. The minimum atomic E-state index is -0.475. The van der Waals surface area contributed by atoms with Crippen LogP contribution in [0.15, 0.2) is 231 Å². The minimum Gasteiger partial charge on any atom is -0.310 e. The monoisotopic (exact) mass is 798 g/mol. The molecule has 0 saturated carbocycles. The molecule has 0 bridgehead atoms. The number of para-hydroxylation sites is 1. The molecule has 0 radical (unpaired) electrons. The first-order valence-corrected chi connectivity index (χ1v) is 21.9. The molecule has 11 aromatic carbocycles. The molecule has 0 N–H and O–H groups in total. The SMILES string of the molecule is c1ccc(-n2c3cccc4c3c3c5c(cccc5c(-c5ccc(N(c6ccc7ccccc7c6)c6ccc7ccccc7c6)cc5)cc32)C42c3ccccc3-c3ccccc32)cc1. The first kappa shape index (κ1) is 34.5. The highest BCUT2D eigenvalue weighted by atomic mass is 15.1. The summed E-state index contributed by atoms with van der Waals surface area (Å²) in [5.41, 5.74) is 17.0. The van der Waals surface area contributed by atoms with E-state index in [1.54, 1.807) is 0 Å². The van der Waals surface area contributed by atoms with Crippen LogP contribution in [0.4, 0.5) is 17.1 Å². The molecule has 2 aliphatic carbocycles. The summed E-state index contributed by atoms with van der Waals surface area (Å²) in [6, 6.07) is 85.8. The highest BCUT2D eigenvalue weighted by Crippen LogP contribution is 2.62. The van der Waals surface area contributed by atoms with Crippen LogP contribution >= 0.6 is 0 Å². The van der Waals surface area contributed by atoms with Crippen molar-refractivity contribution in [2.45, 2.75) is 5.41 Å². The van der Waals surface area contributed by atoms with E-state index in [0.29, 0.717) is 0 Å². The van der Waals surface area contributed by atoms with Gasteiger partial charge in [0.15, 0.2) is 0 Å². The van der Waals surface area contributed by atoms with Gasteiger partial charge in [-0.1, -0.05) is 170 Å². The van der Waals surface area contributed by atoms with Crippen LogP contribution in [-0.2, 0) is 5.41 Å². The third kappa shape index (κ3) is 4.67. The van der Waals surface area contributed by atoms with Gasteiger partial charge >= 0.3 is 0 Å². The second-order valence-electron chi connectivity index (χ2n) is 17.2. The second kappa shape index (κ2) is 12.9. The maximum absolute atomic E-state index is 2.51. The predicted molar refractivity (Wildman–Crippen MR) is 264 cm³/mol. The first-order chi connectivity index (χ1) is 31.3. The smallest absolute Gasteiger partial charge is 0.0726 e. The Kier molecular flexibility index (Phi) is 7.07. The lowest BCUT2D eigenvalue weighted by Crippen LogP contribution is -2.30. The number of fused-ring (bicyclic) bond motifs is 9. The summed E-state index contributed by atoms with van der Waals surface area (Å²) in [7, 11) is 0. The summed E-state index contributed by atoms with van der Waals surface area (Å²) < 4.78 is 2.51. The fourth-order valence-corrected chi connectivity index (χ4v) is 11.6. The Bertz CT molecular complexity index is 3730. The van der Waals surface area contributed by atoms with Crippen LogP contribution in [0.25, 0.3) is 82.1 Å². The molecule has 63 heavy (non-hydrogen) atoms. The van der Waals surface area contributed by atoms with Crippen LogP contribution in [0, 0.1) is 0 Å². The molecule has 0 atom stereocenters. The highest BCUT2D eigenvalue weighted by molar-refractivity contribution is 6.29. The molecule has 14 rings (SSSR count). The molecular formula is C61H38N2. The predicted octanol–water partition coefficient (Wildman–Crippen LogP) is 16.1. The van der Waals surface area contributed by atoms with Crippen LogP contribution in [-0.4, -0.2) is 4.57 Å². The normalized spacial score (nSPS) is 13.2. The van der Waals surface area contributed by atoms with Gasteiger partial charge in [-0.2, -0.15) is 0 Å². The Labute approximate surface area is 365 Å². The lowest BCUT2D eigenvalue weighted by molar-refractivity contribution is 0.783. The van der Waals surface area contributed by atoms with Crippen molar-refractivity contribution in [3.63, 3.8) is 0 Å². The Morgan fingerprint density at radius 2 is 0.841 bits per heavy atom. The van der Waals surface area contributed by atoms with Crippen molar-refractivity contribution in [2.24, 2.45) is 0 Å². The van der Waals surface area contributed by atoms with Crippen LogP contribution < -0.4 is 4.90 Å². The molecule has 12 aromatic rings. The second-order valence-corrected chi connectivity index (χ2v) is 17.2. The molecule has 2 heteroatoms. The third-order valence-electron chi connectivity index (χ3n) is 14.1. The van der Waals surface area contributed by atoms with Gasteiger partial charge in [0, 0.05) is 33.5 Å². The van der Waals surface area contributed by atoms with Gasteiger partial charge in [-0.25, -0.2) is 0 Å². The number of nitrogens with zero attached hydrogens (tertiary/aromatic N) is 2. The Balaban J connectivity index is 1.04. The summed E-state index contributed by atoms with van der Waals surface area (Å²) >= 11 is 0. The van der Waals surface area contributed by atoms with Crippen molar-refractivity contribution >= 4 is 71.2 Å². The quantitative estimate of drug-likeness (QED) is 0.168. The van der Waals surface area contributed by atoms with E-state index in [1.807, 2.05) is 0 Å². The van der Waals surface area contributed by atoms with Gasteiger partial charge in [0.2, 0.25) is 0 Å². The van der Waals surface area contributed by atoms with Crippen molar-refractivity contribution in [3.8, 4) is 27.9 Å². The number of benzene rings is 11. The van der Waals surface area contributed by atoms with Gasteiger partial charge in [-0.15, -0.1) is 0 Å². The van der Waals surface area contributed by atoms with E-state index in [0.717, 1.165) is 22.7 Å². The number of aromatic nitrogens is 1. The molecule has 0 unspecified atom stereocenters. The van der Waals surface area contributed by atoms with Gasteiger partial charge in [0.25, 0.3) is 0 Å². The van der Waals surface area contributed by atoms with Crippen LogP contribution in [0.2, 0.25) is 0 Å². The van der Waals surface area contributed by atoms with E-state index in [-0.39, 0.29) is 0 Å². The number of anilines is 3. The van der Waals surface area contributed by atoms with E-state index >= 15 is 0 Å². The molecule has 292 valence electrons. The highest BCUT2D eigenvalue weighted by Gasteiger charge is 2.50. The molecule has 2 nitrogen and oxygen atoms in total. The van der Waals surface area contributed by atoms with Gasteiger partial charge in [-0.05, 0) is 137 Å². The summed E-state index contributed by atoms with van der Waals surface area (Å²) in [4.78, 5) is 2.40. The maximum Gasteiger partial charge on any atom is 0.0726 e. The van der Waals surface area contributed by atoms with Crippen molar-refractivity contribution in [2.75, 3.05) is 4.90 Å². The van der Waals surface area contributed by atoms with Crippen molar-refractivity contribution < 1.29 is 0 Å². The molecule has 0 saturated heterocycles. The van der Waals surface area contributed by atoms with Crippen molar-refractivity contribution in [1.82, 2.24) is 4.57 Å². The van der Waals surface area contributed by atoms with Gasteiger partial charge in [0.1, 0.15) is 0 Å². The standard InChI is InChI=1S/C61H38N2/c1-2-18-44(19-3-1)63-56-27-13-26-55-59(56)60-57(63)38-51(50-22-12-25-54(58(50)60)61(55)52-23-10-8-20-48(52)49-21-9-11-24-53(49)61)41-30-32-45(33-31-41)62(46-34-28-39-14-4-6-16-42(39)36-46)47-35-29-40-15-5-7-17-43(40)37-47/h1-38H. The van der Waals surface area contributed by atoms with E-state index in [9.17, 15) is 0 Å². The summed E-state index contributed by atoms with van der Waals surface area (Å²) in [5, 5.41) is 10.2. The topological polar surface area (TPSA) is 8.17 Å². The Morgan fingerprint density at radius 1 is 0.317 bits per heavy atom. The molecule has 0 aliphatic heterocycles. The van der Waals surface area contributed by atoms with Crippen molar-refractivity contribution in [3.05, 3.63) is 253 Å². The van der Waals surface area contributed by atoms with Crippen LogP contribution in [0.1, 0.15) is 22.3 Å². The number of rotatable bonds is 5. The minimum absolute atomic E-state index is 0.475. The fraction of sp³-hybridized carbons (Fsp3) is 0.0164. The Morgan fingerprint density at radius 3 is 1.49 bits per heavy atom. The lowest BCUT2D eigenvalue weighted by atomic mass is 9.63. The molecule has 2 aliphatic rings. The lowest BCUT2D eigenvalue weighted by Gasteiger charge is -2.38. The summed E-state index contributed by atoms with van der Waals surface area (Å²) in [6.45, 7) is 0. The zero-order valence-corrected chi connectivity index (χ0v) is 34.3. The zero-order chi connectivity index (χ0) is 41.2. The van der Waals surface area contributed by atoms with E-state index < -0.39 is 5.41 Å². The van der Waals surface area contributed by atoms with E-state index in [2.05, 4.69) is 240 Å². The largest absolute Gasteiger partial charge is 0.310 e. The van der Waals surface area contributed by atoms with E-state index in [4.69, 9.17) is 0 Å². The molecule has 1 heterocycles. The maximum atomic E-state index is 2.51. The fourth-order valence-electron chi connectivity index (χ4n) is 11.6. The number of hydrogen-bond acceptors (Lipinski definition) is 1. The average molecular weight is 799 g/mol.